The molecular formula is C27H30N2O3S. The average molecular weight is 463 g/mol. The molecule has 5 nitrogen and oxygen atoms in total. The minimum Gasteiger partial charge on any atom is -0.326 e. The first kappa shape index (κ1) is 23.3. The van der Waals surface area contributed by atoms with Gasteiger partial charge in [-0.15, -0.1) is 0 Å². The molecule has 0 bridgehead atoms. The summed E-state index contributed by atoms with van der Waals surface area (Å²) in [6.45, 7) is 12.7. The molecule has 0 atom stereocenters. The Morgan fingerprint density at radius 1 is 1.06 bits per heavy atom. The van der Waals surface area contributed by atoms with E-state index in [4.69, 9.17) is 0 Å². The molecule has 0 radical (unpaired) electrons. The summed E-state index contributed by atoms with van der Waals surface area (Å²) in [5.74, 6) is -0.563. The van der Waals surface area contributed by atoms with E-state index in [1.165, 1.54) is 18.1 Å². The van der Waals surface area contributed by atoms with Crippen molar-refractivity contribution in [2.75, 3.05) is 5.32 Å². The summed E-state index contributed by atoms with van der Waals surface area (Å²) < 4.78 is 0. The molecule has 6 heteroatoms. The number of hydrogen-bond donors (Lipinski definition) is 2. The number of nitrogens with one attached hydrogen (secondary N) is 2. The highest BCUT2D eigenvalue weighted by molar-refractivity contribution is 8.18. The number of amides is 3. The molecule has 2 aromatic carbocycles. The van der Waals surface area contributed by atoms with Crippen LogP contribution in [0.5, 0.6) is 0 Å². The van der Waals surface area contributed by atoms with Crippen LogP contribution in [0.2, 0.25) is 0 Å². The predicted octanol–water partition coefficient (Wildman–Crippen LogP) is 6.29. The van der Waals surface area contributed by atoms with Gasteiger partial charge < -0.3 is 5.32 Å². The molecule has 1 saturated heterocycles. The summed E-state index contributed by atoms with van der Waals surface area (Å²) in [4.78, 5) is 36.3. The zero-order valence-electron chi connectivity index (χ0n) is 20.0. The van der Waals surface area contributed by atoms with Crippen LogP contribution in [0.15, 0.2) is 35.2 Å². The van der Waals surface area contributed by atoms with Gasteiger partial charge in [0.25, 0.3) is 11.1 Å². The lowest BCUT2D eigenvalue weighted by molar-refractivity contribution is -0.115. The van der Waals surface area contributed by atoms with Crippen molar-refractivity contribution in [1.82, 2.24) is 5.32 Å². The van der Waals surface area contributed by atoms with E-state index in [9.17, 15) is 14.4 Å². The Balaban J connectivity index is 1.99. The first-order valence-corrected chi connectivity index (χ1v) is 12.0. The molecule has 33 heavy (non-hydrogen) atoms. The van der Waals surface area contributed by atoms with Crippen molar-refractivity contribution in [2.45, 2.75) is 65.2 Å². The maximum absolute atomic E-state index is 12.2. The molecule has 0 spiro atoms. The smallest absolute Gasteiger partial charge is 0.290 e. The van der Waals surface area contributed by atoms with Crippen molar-refractivity contribution in [3.63, 3.8) is 0 Å². The topological polar surface area (TPSA) is 75.3 Å². The van der Waals surface area contributed by atoms with E-state index in [1.54, 1.807) is 6.08 Å². The Kier molecular flexibility index (Phi) is 5.77. The van der Waals surface area contributed by atoms with Crippen LogP contribution >= 0.6 is 11.8 Å². The van der Waals surface area contributed by atoms with E-state index in [0.717, 1.165) is 46.9 Å². The molecule has 2 aromatic rings. The van der Waals surface area contributed by atoms with E-state index < -0.39 is 5.91 Å². The van der Waals surface area contributed by atoms with Gasteiger partial charge in [-0.3, -0.25) is 19.7 Å². The highest BCUT2D eigenvalue weighted by Gasteiger charge is 2.37. The summed E-state index contributed by atoms with van der Waals surface area (Å²) >= 11 is 0.893. The van der Waals surface area contributed by atoms with Gasteiger partial charge in [0.2, 0.25) is 5.91 Å². The van der Waals surface area contributed by atoms with Crippen molar-refractivity contribution < 1.29 is 14.4 Å². The second-order valence-corrected chi connectivity index (χ2v) is 11.3. The Morgan fingerprint density at radius 2 is 1.70 bits per heavy atom. The second-order valence-electron chi connectivity index (χ2n) is 10.3. The molecule has 0 unspecified atom stereocenters. The fourth-order valence-corrected chi connectivity index (χ4v) is 5.51. The lowest BCUT2D eigenvalue weighted by Gasteiger charge is -2.42. The van der Waals surface area contributed by atoms with Gasteiger partial charge in [0.15, 0.2) is 0 Å². The molecule has 1 aliphatic carbocycles. The van der Waals surface area contributed by atoms with Gasteiger partial charge in [-0.2, -0.15) is 0 Å². The molecule has 0 aromatic heterocycles. The molecule has 4 rings (SSSR count). The Morgan fingerprint density at radius 3 is 2.27 bits per heavy atom. The first-order chi connectivity index (χ1) is 15.4. The van der Waals surface area contributed by atoms with Gasteiger partial charge in [0.1, 0.15) is 0 Å². The summed E-state index contributed by atoms with van der Waals surface area (Å²) in [6.07, 6.45) is 3.96. The fraction of sp³-hybridized carbons (Fsp3) is 0.370. The number of fused-ring (bicyclic) bond motifs is 1. The van der Waals surface area contributed by atoms with E-state index in [0.29, 0.717) is 10.6 Å². The van der Waals surface area contributed by atoms with Crippen LogP contribution in [-0.2, 0) is 20.4 Å². The van der Waals surface area contributed by atoms with Crippen LogP contribution in [0.1, 0.15) is 69.7 Å². The summed E-state index contributed by atoms with van der Waals surface area (Å²) in [5.41, 5.74) is 7.26. The van der Waals surface area contributed by atoms with Crippen LogP contribution in [-0.4, -0.2) is 17.1 Å². The number of anilines is 1. The van der Waals surface area contributed by atoms with Crippen LogP contribution in [0.3, 0.4) is 0 Å². The number of carbonyl (C=O) groups is 3. The Labute approximate surface area is 199 Å². The molecule has 3 amide bonds. The molecule has 1 fully saturated rings. The third-order valence-corrected chi connectivity index (χ3v) is 7.61. The van der Waals surface area contributed by atoms with Gasteiger partial charge in [-0.1, -0.05) is 45.9 Å². The molecule has 0 saturated carbocycles. The van der Waals surface area contributed by atoms with Gasteiger partial charge >= 0.3 is 0 Å². The molecule has 2 N–H and O–H groups in total. The lowest BCUT2D eigenvalue weighted by atomic mass is 9.62. The Bertz CT molecular complexity index is 1220. The van der Waals surface area contributed by atoms with E-state index in [2.05, 4.69) is 57.4 Å². The van der Waals surface area contributed by atoms with Crippen molar-refractivity contribution in [3.05, 3.63) is 57.5 Å². The average Bonchev–Trinajstić information content (AvgIpc) is 3.02. The monoisotopic (exact) mass is 462 g/mol. The Hall–Kier alpha value is -2.86. The van der Waals surface area contributed by atoms with Gasteiger partial charge in [0.05, 0.1) is 4.91 Å². The number of aryl methyl sites for hydroxylation is 1. The molecule has 1 aliphatic heterocycles. The summed E-state index contributed by atoms with van der Waals surface area (Å²) in [5, 5.41) is 4.90. The van der Waals surface area contributed by atoms with Gasteiger partial charge in [-0.05, 0) is 88.4 Å². The highest BCUT2D eigenvalue weighted by Crippen LogP contribution is 2.48. The van der Waals surface area contributed by atoms with Crippen LogP contribution < -0.4 is 10.6 Å². The normalized spacial score (nSPS) is 19.9. The SMILES string of the molecule is CC(=O)Nc1cccc(/C=C2/SC(=O)NC2=O)c1-c1cc2c(cc1C)C(C)(C)CCC2(C)C. The molecule has 2 aliphatic rings. The standard InChI is InChI=1S/C27H30N2O3S/c1-15-12-19-20(27(5,6)11-10-26(19,3)4)14-18(15)23-17(8-7-9-21(23)28-16(2)30)13-22-24(31)29-25(32)33-22/h7-9,12-14H,10-11H2,1-6H3,(H,28,30)(H,29,31,32)/b22-13+. The summed E-state index contributed by atoms with van der Waals surface area (Å²) in [7, 11) is 0. The molecule has 1 heterocycles. The van der Waals surface area contributed by atoms with E-state index in [-0.39, 0.29) is 22.0 Å². The lowest BCUT2D eigenvalue weighted by Crippen LogP contribution is -2.34. The largest absolute Gasteiger partial charge is 0.326 e. The van der Waals surface area contributed by atoms with Crippen molar-refractivity contribution >= 4 is 40.6 Å². The third kappa shape index (κ3) is 4.36. The van der Waals surface area contributed by atoms with Crippen molar-refractivity contribution in [2.24, 2.45) is 0 Å². The van der Waals surface area contributed by atoms with E-state index >= 15 is 0 Å². The zero-order chi connectivity index (χ0) is 24.1. The molecule has 172 valence electrons. The number of carbonyl (C=O) groups excluding carboxylic acids is 3. The quantitative estimate of drug-likeness (QED) is 0.525. The first-order valence-electron chi connectivity index (χ1n) is 11.2. The number of benzene rings is 2. The minimum atomic E-state index is -0.397. The minimum absolute atomic E-state index is 0.0302. The number of imide groups is 1. The van der Waals surface area contributed by atoms with Gasteiger partial charge in [-0.25, -0.2) is 0 Å². The maximum Gasteiger partial charge on any atom is 0.290 e. The van der Waals surface area contributed by atoms with Crippen molar-refractivity contribution in [3.8, 4) is 11.1 Å². The van der Waals surface area contributed by atoms with Crippen molar-refractivity contribution in [1.29, 1.82) is 0 Å². The number of thioether (sulfide) groups is 1. The number of rotatable bonds is 3. The third-order valence-electron chi connectivity index (χ3n) is 6.80. The number of hydrogen-bond acceptors (Lipinski definition) is 4. The van der Waals surface area contributed by atoms with Crippen LogP contribution in [0.4, 0.5) is 10.5 Å². The predicted molar refractivity (Wildman–Crippen MR) is 135 cm³/mol. The molecular weight excluding hydrogens is 432 g/mol. The zero-order valence-corrected chi connectivity index (χ0v) is 20.8. The second kappa shape index (κ2) is 8.17. The maximum atomic E-state index is 12.2. The summed E-state index contributed by atoms with van der Waals surface area (Å²) in [6, 6.07) is 10.2. The van der Waals surface area contributed by atoms with E-state index in [1.807, 2.05) is 18.2 Å². The van der Waals surface area contributed by atoms with Gasteiger partial charge in [0, 0.05) is 18.2 Å². The fourth-order valence-electron chi connectivity index (χ4n) is 4.84. The highest BCUT2D eigenvalue weighted by atomic mass is 32.2. The van der Waals surface area contributed by atoms with Crippen LogP contribution in [0, 0.1) is 6.92 Å². The van der Waals surface area contributed by atoms with Crippen LogP contribution in [0.25, 0.3) is 17.2 Å².